The fourth-order valence-electron chi connectivity index (χ4n) is 1.42. The van der Waals surface area contributed by atoms with Crippen LogP contribution in [0.3, 0.4) is 0 Å². The van der Waals surface area contributed by atoms with E-state index in [0.29, 0.717) is 5.56 Å². The SMILES string of the molecule is O=[N+]([O-])c1nn(Cc2ccc(F)cc2Cl)cc1Br. The predicted octanol–water partition coefficient (Wildman–Crippen LogP) is 3.39. The molecule has 1 aromatic carbocycles. The molecule has 0 aliphatic heterocycles. The molecule has 0 unspecified atom stereocenters. The summed E-state index contributed by atoms with van der Waals surface area (Å²) in [5.41, 5.74) is 0.628. The summed E-state index contributed by atoms with van der Waals surface area (Å²) in [6, 6.07) is 3.97. The summed E-state index contributed by atoms with van der Waals surface area (Å²) < 4.78 is 14.5. The van der Waals surface area contributed by atoms with Gasteiger partial charge in [-0.15, -0.1) is 0 Å². The predicted molar refractivity (Wildman–Crippen MR) is 67.1 cm³/mol. The van der Waals surface area contributed by atoms with Gasteiger partial charge in [0.2, 0.25) is 0 Å². The third-order valence-electron chi connectivity index (χ3n) is 2.22. The van der Waals surface area contributed by atoms with Gasteiger partial charge in [0.05, 0.1) is 17.8 Å². The van der Waals surface area contributed by atoms with Crippen molar-refractivity contribution in [1.29, 1.82) is 0 Å². The van der Waals surface area contributed by atoms with E-state index >= 15 is 0 Å². The standard InChI is InChI=1S/C10H6BrClFN3O2/c11-8-5-15(14-10(8)16(17)18)4-6-1-2-7(13)3-9(6)12/h1-3,5H,4H2. The first-order valence-electron chi connectivity index (χ1n) is 4.78. The molecule has 0 spiro atoms. The fraction of sp³-hybridized carbons (Fsp3) is 0.100. The average Bonchev–Trinajstić information content (AvgIpc) is 2.64. The minimum absolute atomic E-state index is 0.228. The lowest BCUT2D eigenvalue weighted by Crippen LogP contribution is -2.02. The van der Waals surface area contributed by atoms with Gasteiger partial charge < -0.3 is 10.1 Å². The van der Waals surface area contributed by atoms with Crippen LogP contribution in [0.25, 0.3) is 0 Å². The molecule has 18 heavy (non-hydrogen) atoms. The Morgan fingerprint density at radius 1 is 1.56 bits per heavy atom. The zero-order valence-electron chi connectivity index (χ0n) is 8.81. The minimum atomic E-state index is -0.590. The first-order valence-corrected chi connectivity index (χ1v) is 5.95. The van der Waals surface area contributed by atoms with E-state index in [2.05, 4.69) is 21.0 Å². The van der Waals surface area contributed by atoms with Crippen LogP contribution in [0.1, 0.15) is 5.56 Å². The fourth-order valence-corrected chi connectivity index (χ4v) is 2.10. The van der Waals surface area contributed by atoms with Crippen molar-refractivity contribution >= 4 is 33.3 Å². The van der Waals surface area contributed by atoms with E-state index in [0.717, 1.165) is 0 Å². The lowest BCUT2D eigenvalue weighted by atomic mass is 10.2. The third-order valence-corrected chi connectivity index (χ3v) is 3.13. The molecule has 0 fully saturated rings. The van der Waals surface area contributed by atoms with Gasteiger partial charge in [0.15, 0.2) is 0 Å². The van der Waals surface area contributed by atoms with Crippen molar-refractivity contribution in [2.75, 3.05) is 0 Å². The number of nitrogens with zero attached hydrogens (tertiary/aromatic N) is 3. The van der Waals surface area contributed by atoms with E-state index in [4.69, 9.17) is 11.6 Å². The second kappa shape index (κ2) is 5.03. The molecule has 2 aromatic rings. The van der Waals surface area contributed by atoms with Crippen LogP contribution in [0.15, 0.2) is 28.9 Å². The normalized spacial score (nSPS) is 10.6. The zero-order chi connectivity index (χ0) is 13.3. The summed E-state index contributed by atoms with van der Waals surface area (Å²) in [5.74, 6) is -0.704. The van der Waals surface area contributed by atoms with E-state index in [1.807, 2.05) is 0 Å². The van der Waals surface area contributed by atoms with Gasteiger partial charge in [-0.1, -0.05) is 17.7 Å². The van der Waals surface area contributed by atoms with E-state index in [1.54, 1.807) is 0 Å². The molecule has 0 bridgehead atoms. The molecule has 0 saturated heterocycles. The number of nitro groups is 1. The smallest absolute Gasteiger partial charge is 0.358 e. The number of hydrogen-bond acceptors (Lipinski definition) is 3. The van der Waals surface area contributed by atoms with Gasteiger partial charge in [-0.05, 0) is 38.5 Å². The van der Waals surface area contributed by atoms with Gasteiger partial charge in [0.1, 0.15) is 10.3 Å². The van der Waals surface area contributed by atoms with Crippen molar-refractivity contribution < 1.29 is 9.31 Å². The summed E-state index contributed by atoms with van der Waals surface area (Å²) in [6.07, 6.45) is 1.47. The van der Waals surface area contributed by atoms with Crippen molar-refractivity contribution in [3.05, 3.63) is 55.4 Å². The molecular formula is C10H6BrClFN3O2. The lowest BCUT2D eigenvalue weighted by Gasteiger charge is -2.01. The summed E-state index contributed by atoms with van der Waals surface area (Å²) in [5, 5.41) is 14.7. The molecule has 0 aliphatic carbocycles. The van der Waals surface area contributed by atoms with Crippen molar-refractivity contribution in [2.24, 2.45) is 0 Å². The van der Waals surface area contributed by atoms with Crippen LogP contribution in [-0.4, -0.2) is 14.7 Å². The number of halogens is 3. The first-order chi connectivity index (χ1) is 8.47. The maximum Gasteiger partial charge on any atom is 0.404 e. The van der Waals surface area contributed by atoms with E-state index in [-0.39, 0.29) is 21.9 Å². The molecule has 0 amide bonds. The molecule has 2 rings (SSSR count). The number of rotatable bonds is 3. The molecule has 0 atom stereocenters. The second-order valence-corrected chi connectivity index (χ2v) is 4.75. The Labute approximate surface area is 114 Å². The van der Waals surface area contributed by atoms with Crippen LogP contribution in [0.4, 0.5) is 10.2 Å². The van der Waals surface area contributed by atoms with Gasteiger partial charge >= 0.3 is 5.82 Å². The summed E-state index contributed by atoms with van der Waals surface area (Å²) >= 11 is 8.91. The van der Waals surface area contributed by atoms with Crippen LogP contribution in [0.5, 0.6) is 0 Å². The Bertz CT molecular complexity index is 617. The molecule has 1 heterocycles. The number of benzene rings is 1. The van der Waals surface area contributed by atoms with Gasteiger partial charge in [-0.2, -0.15) is 4.68 Å². The van der Waals surface area contributed by atoms with E-state index in [1.165, 1.54) is 29.1 Å². The van der Waals surface area contributed by atoms with Crippen LogP contribution in [0.2, 0.25) is 5.02 Å². The molecule has 8 heteroatoms. The Morgan fingerprint density at radius 3 is 2.83 bits per heavy atom. The topological polar surface area (TPSA) is 61.0 Å². The largest absolute Gasteiger partial charge is 0.404 e. The highest BCUT2D eigenvalue weighted by Crippen LogP contribution is 2.24. The molecule has 1 aromatic heterocycles. The molecule has 94 valence electrons. The molecule has 5 nitrogen and oxygen atoms in total. The van der Waals surface area contributed by atoms with Gasteiger partial charge in [0.25, 0.3) is 0 Å². The summed E-state index contributed by atoms with van der Waals surface area (Å²) in [6.45, 7) is 0.228. The Kier molecular flexibility index (Phi) is 3.63. The maximum atomic E-state index is 12.9. The first kappa shape index (κ1) is 13.0. The van der Waals surface area contributed by atoms with E-state index < -0.39 is 10.7 Å². The molecular weight excluding hydrogens is 328 g/mol. The summed E-state index contributed by atoms with van der Waals surface area (Å²) in [7, 11) is 0. The minimum Gasteiger partial charge on any atom is -0.358 e. The highest BCUT2D eigenvalue weighted by atomic mass is 79.9. The van der Waals surface area contributed by atoms with Crippen LogP contribution < -0.4 is 0 Å². The van der Waals surface area contributed by atoms with Crippen molar-refractivity contribution in [2.45, 2.75) is 6.54 Å². The molecule has 0 N–H and O–H groups in total. The molecule has 0 aliphatic rings. The van der Waals surface area contributed by atoms with Crippen molar-refractivity contribution in [3.63, 3.8) is 0 Å². The molecule has 0 radical (unpaired) electrons. The highest BCUT2D eigenvalue weighted by molar-refractivity contribution is 9.10. The zero-order valence-corrected chi connectivity index (χ0v) is 11.2. The third kappa shape index (κ3) is 2.68. The van der Waals surface area contributed by atoms with Gasteiger partial charge in [-0.25, -0.2) is 4.39 Å². The number of hydrogen-bond donors (Lipinski definition) is 0. The highest BCUT2D eigenvalue weighted by Gasteiger charge is 2.19. The number of aromatic nitrogens is 2. The Hall–Kier alpha value is -1.47. The lowest BCUT2D eigenvalue weighted by molar-refractivity contribution is -0.390. The monoisotopic (exact) mass is 333 g/mol. The van der Waals surface area contributed by atoms with Crippen molar-refractivity contribution in [3.8, 4) is 0 Å². The summed E-state index contributed by atoms with van der Waals surface area (Å²) in [4.78, 5) is 10.0. The average molecular weight is 335 g/mol. The van der Waals surface area contributed by atoms with Gasteiger partial charge in [-0.3, -0.25) is 0 Å². The molecule has 0 saturated carbocycles. The van der Waals surface area contributed by atoms with Crippen LogP contribution >= 0.6 is 27.5 Å². The maximum absolute atomic E-state index is 12.9. The van der Waals surface area contributed by atoms with Gasteiger partial charge in [0, 0.05) is 5.02 Å². The Balaban J connectivity index is 2.29. The van der Waals surface area contributed by atoms with Crippen molar-refractivity contribution in [1.82, 2.24) is 9.78 Å². The quantitative estimate of drug-likeness (QED) is 0.638. The Morgan fingerprint density at radius 2 is 2.28 bits per heavy atom. The van der Waals surface area contributed by atoms with Crippen LogP contribution in [0, 0.1) is 15.9 Å². The van der Waals surface area contributed by atoms with E-state index in [9.17, 15) is 14.5 Å². The second-order valence-electron chi connectivity index (χ2n) is 3.49. The van der Waals surface area contributed by atoms with Crippen LogP contribution in [-0.2, 0) is 6.54 Å².